The minimum absolute atomic E-state index is 0.00785. The van der Waals surface area contributed by atoms with Crippen molar-refractivity contribution in [3.05, 3.63) is 33.9 Å². The predicted octanol–water partition coefficient (Wildman–Crippen LogP) is 2.41. The van der Waals surface area contributed by atoms with Crippen molar-refractivity contribution in [3.8, 4) is 5.75 Å². The fraction of sp³-hybridized carbons (Fsp3) is 0.529. The minimum atomic E-state index is -1.28. The van der Waals surface area contributed by atoms with Gasteiger partial charge in [-0.25, -0.2) is 4.79 Å². The Morgan fingerprint density at radius 2 is 1.77 bits per heavy atom. The van der Waals surface area contributed by atoms with Crippen molar-refractivity contribution in [2.45, 2.75) is 46.4 Å². The van der Waals surface area contributed by atoms with Crippen molar-refractivity contribution in [2.24, 2.45) is 11.1 Å². The van der Waals surface area contributed by atoms with E-state index >= 15 is 0 Å². The van der Waals surface area contributed by atoms with Crippen LogP contribution in [0.1, 0.15) is 45.0 Å². The Balaban J connectivity index is 3.11. The number of ether oxygens (including phenoxy) is 3. The molecule has 0 saturated carbocycles. The summed E-state index contributed by atoms with van der Waals surface area (Å²) in [6, 6.07) is 3.56. The molecule has 0 fully saturated rings. The highest BCUT2D eigenvalue weighted by molar-refractivity contribution is 5.90. The van der Waals surface area contributed by atoms with Crippen LogP contribution >= 0.6 is 0 Å². The summed E-state index contributed by atoms with van der Waals surface area (Å²) >= 11 is 0. The van der Waals surface area contributed by atoms with E-state index in [0.29, 0.717) is 0 Å². The normalized spacial score (nSPS) is 12.9. The number of esters is 2. The number of hydrogen-bond acceptors (Lipinski definition) is 8. The number of nitro groups is 1. The molecule has 1 atom stereocenters. The van der Waals surface area contributed by atoms with Crippen LogP contribution in [-0.2, 0) is 14.3 Å². The molecule has 0 aliphatic heterocycles. The summed E-state index contributed by atoms with van der Waals surface area (Å²) in [4.78, 5) is 34.4. The van der Waals surface area contributed by atoms with Gasteiger partial charge in [0.1, 0.15) is 11.0 Å². The first kappa shape index (κ1) is 21.4. The zero-order valence-corrected chi connectivity index (χ0v) is 15.7. The summed E-state index contributed by atoms with van der Waals surface area (Å²) in [5, 5.41) is 11.3. The van der Waals surface area contributed by atoms with Crippen molar-refractivity contribution < 1.29 is 28.7 Å². The van der Waals surface area contributed by atoms with Gasteiger partial charge in [-0.05, 0) is 46.8 Å². The molecule has 1 rings (SSSR count). The smallest absolute Gasteiger partial charge is 0.338 e. The van der Waals surface area contributed by atoms with Crippen molar-refractivity contribution in [3.63, 3.8) is 0 Å². The third kappa shape index (κ3) is 5.16. The second kappa shape index (κ2) is 7.69. The maximum absolute atomic E-state index is 12.3. The summed E-state index contributed by atoms with van der Waals surface area (Å²) < 4.78 is 15.3. The molecular weight excluding hydrogens is 344 g/mol. The van der Waals surface area contributed by atoms with E-state index in [1.54, 1.807) is 20.8 Å². The van der Waals surface area contributed by atoms with E-state index in [1.165, 1.54) is 26.0 Å². The van der Waals surface area contributed by atoms with Gasteiger partial charge >= 0.3 is 17.6 Å². The van der Waals surface area contributed by atoms with Crippen LogP contribution in [0.3, 0.4) is 0 Å². The van der Waals surface area contributed by atoms with E-state index in [9.17, 15) is 19.7 Å². The highest BCUT2D eigenvalue weighted by atomic mass is 16.6. The average molecular weight is 368 g/mol. The molecule has 144 valence electrons. The zero-order valence-electron chi connectivity index (χ0n) is 15.7. The van der Waals surface area contributed by atoms with Crippen LogP contribution in [0, 0.1) is 15.5 Å². The molecular formula is C17H24N2O7. The molecule has 9 nitrogen and oxygen atoms in total. The second-order valence-electron chi connectivity index (χ2n) is 7.19. The van der Waals surface area contributed by atoms with Crippen LogP contribution in [0.5, 0.6) is 5.75 Å². The molecule has 9 heteroatoms. The fourth-order valence-electron chi connectivity index (χ4n) is 1.81. The molecule has 1 unspecified atom stereocenters. The average Bonchev–Trinajstić information content (AvgIpc) is 2.52. The largest absolute Gasteiger partial charge is 0.467 e. The lowest BCUT2D eigenvalue weighted by atomic mass is 9.91. The number of nitrogens with two attached hydrogens (primary N) is 1. The number of carbonyl (C=O) groups is 2. The van der Waals surface area contributed by atoms with Crippen LogP contribution in [0.4, 0.5) is 5.69 Å². The first-order chi connectivity index (χ1) is 11.8. The second-order valence-corrected chi connectivity index (χ2v) is 7.19. The zero-order chi connectivity index (χ0) is 20.3. The maximum atomic E-state index is 12.3. The monoisotopic (exact) mass is 368 g/mol. The van der Waals surface area contributed by atoms with Gasteiger partial charge in [-0.15, -0.1) is 0 Å². The standard InChI is InChI=1S/C17H24N2O7/c1-16(2,3)26-15(21)17(4,5)14(18)25-12-8-7-10(13(20)24-6)9-11(12)19(22)23/h7-9,14H,18H2,1-6H3. The third-order valence-corrected chi connectivity index (χ3v) is 3.47. The predicted molar refractivity (Wildman–Crippen MR) is 92.7 cm³/mol. The molecule has 1 aromatic carbocycles. The maximum Gasteiger partial charge on any atom is 0.338 e. The lowest BCUT2D eigenvalue weighted by Crippen LogP contribution is -2.49. The lowest BCUT2D eigenvalue weighted by Gasteiger charge is -2.32. The van der Waals surface area contributed by atoms with Crippen LogP contribution in [0.2, 0.25) is 0 Å². The van der Waals surface area contributed by atoms with E-state index in [0.717, 1.165) is 13.2 Å². The van der Waals surface area contributed by atoms with E-state index in [4.69, 9.17) is 15.2 Å². The van der Waals surface area contributed by atoms with Gasteiger partial charge in [0.2, 0.25) is 0 Å². The summed E-state index contributed by atoms with van der Waals surface area (Å²) in [6.45, 7) is 8.16. The highest BCUT2D eigenvalue weighted by Crippen LogP contribution is 2.32. The quantitative estimate of drug-likeness (QED) is 0.350. The molecule has 0 heterocycles. The van der Waals surface area contributed by atoms with E-state index in [-0.39, 0.29) is 11.3 Å². The molecule has 1 aromatic rings. The number of nitrogens with zero attached hydrogens (tertiary/aromatic N) is 1. The van der Waals surface area contributed by atoms with E-state index in [2.05, 4.69) is 4.74 Å². The van der Waals surface area contributed by atoms with Crippen molar-refractivity contribution in [1.29, 1.82) is 0 Å². The number of nitro benzene ring substituents is 1. The molecule has 0 saturated heterocycles. The Labute approximate surface area is 151 Å². The van der Waals surface area contributed by atoms with Gasteiger partial charge in [-0.3, -0.25) is 20.6 Å². The Hall–Kier alpha value is -2.68. The SMILES string of the molecule is COC(=O)c1ccc(OC(N)C(C)(C)C(=O)OC(C)(C)C)c([N+](=O)[O-])c1. The van der Waals surface area contributed by atoms with E-state index in [1.807, 2.05) is 0 Å². The van der Waals surface area contributed by atoms with Crippen molar-refractivity contribution in [1.82, 2.24) is 0 Å². The van der Waals surface area contributed by atoms with Gasteiger partial charge in [0.15, 0.2) is 12.0 Å². The van der Waals surface area contributed by atoms with Crippen LogP contribution in [-0.4, -0.2) is 35.8 Å². The molecule has 0 radical (unpaired) electrons. The van der Waals surface area contributed by atoms with Gasteiger partial charge < -0.3 is 14.2 Å². The summed E-state index contributed by atoms with van der Waals surface area (Å²) in [7, 11) is 1.16. The van der Waals surface area contributed by atoms with Crippen molar-refractivity contribution in [2.75, 3.05) is 7.11 Å². The minimum Gasteiger partial charge on any atom is -0.467 e. The summed E-state index contributed by atoms with van der Waals surface area (Å²) in [6.07, 6.45) is -1.22. The van der Waals surface area contributed by atoms with Crippen LogP contribution in [0.15, 0.2) is 18.2 Å². The number of hydrogen-bond donors (Lipinski definition) is 1. The number of benzene rings is 1. The van der Waals surface area contributed by atoms with Gasteiger partial charge in [0, 0.05) is 6.07 Å². The molecule has 0 aliphatic rings. The Kier molecular flexibility index (Phi) is 6.32. The van der Waals surface area contributed by atoms with Crippen molar-refractivity contribution >= 4 is 17.6 Å². The van der Waals surface area contributed by atoms with Gasteiger partial charge in [-0.2, -0.15) is 0 Å². The molecule has 0 amide bonds. The summed E-state index contributed by atoms with van der Waals surface area (Å²) in [5.74, 6) is -1.50. The fourth-order valence-corrected chi connectivity index (χ4v) is 1.81. The lowest BCUT2D eigenvalue weighted by molar-refractivity contribution is -0.386. The molecule has 26 heavy (non-hydrogen) atoms. The van der Waals surface area contributed by atoms with Gasteiger partial charge in [0.05, 0.1) is 17.6 Å². The topological polar surface area (TPSA) is 131 Å². The van der Waals surface area contributed by atoms with Gasteiger partial charge in [0.25, 0.3) is 0 Å². The Morgan fingerprint density at radius 3 is 2.23 bits per heavy atom. The number of methoxy groups -OCH3 is 1. The van der Waals surface area contributed by atoms with Crippen LogP contribution < -0.4 is 10.5 Å². The van der Waals surface area contributed by atoms with E-state index < -0.39 is 39.8 Å². The summed E-state index contributed by atoms with van der Waals surface area (Å²) in [5.41, 5.74) is 3.49. The molecule has 0 aliphatic carbocycles. The Morgan fingerprint density at radius 1 is 1.19 bits per heavy atom. The third-order valence-electron chi connectivity index (χ3n) is 3.47. The first-order valence-electron chi connectivity index (χ1n) is 7.82. The molecule has 2 N–H and O–H groups in total. The molecule has 0 aromatic heterocycles. The Bertz CT molecular complexity index is 708. The molecule has 0 spiro atoms. The molecule has 0 bridgehead atoms. The number of rotatable bonds is 6. The van der Waals surface area contributed by atoms with Gasteiger partial charge in [-0.1, -0.05) is 0 Å². The van der Waals surface area contributed by atoms with Crippen LogP contribution in [0.25, 0.3) is 0 Å². The first-order valence-corrected chi connectivity index (χ1v) is 7.82. The highest BCUT2D eigenvalue weighted by Gasteiger charge is 2.40. The number of carbonyl (C=O) groups excluding carboxylic acids is 2.